The van der Waals surface area contributed by atoms with Crippen LogP contribution < -0.4 is 5.32 Å². The molecule has 1 fully saturated rings. The van der Waals surface area contributed by atoms with Gasteiger partial charge in [-0.2, -0.15) is 0 Å². The van der Waals surface area contributed by atoms with Crippen molar-refractivity contribution in [2.24, 2.45) is 5.41 Å². The van der Waals surface area contributed by atoms with Crippen molar-refractivity contribution in [1.82, 2.24) is 20.2 Å². The van der Waals surface area contributed by atoms with Crippen LogP contribution in [-0.2, 0) is 0 Å². The molecular weight excluding hydrogens is 250 g/mol. The quantitative estimate of drug-likeness (QED) is 0.932. The monoisotopic (exact) mass is 271 g/mol. The fourth-order valence-electron chi connectivity index (χ4n) is 2.97. The van der Waals surface area contributed by atoms with Crippen molar-refractivity contribution in [2.75, 3.05) is 5.32 Å². The SMILES string of the molecule is Cc1ccc(-n2cnnn2)cc1NC1CCC(C)(C)C1. The lowest BCUT2D eigenvalue weighted by molar-refractivity contribution is 0.378. The maximum absolute atomic E-state index is 3.94. The molecule has 1 N–H and O–H groups in total. The van der Waals surface area contributed by atoms with E-state index in [1.165, 1.54) is 30.5 Å². The first-order chi connectivity index (χ1) is 9.53. The lowest BCUT2D eigenvalue weighted by Gasteiger charge is -2.20. The lowest BCUT2D eigenvalue weighted by atomic mass is 9.92. The van der Waals surface area contributed by atoms with E-state index in [1.807, 2.05) is 6.07 Å². The summed E-state index contributed by atoms with van der Waals surface area (Å²) in [5, 5.41) is 15.0. The van der Waals surface area contributed by atoms with Gasteiger partial charge in [0.15, 0.2) is 0 Å². The minimum absolute atomic E-state index is 0.457. The Morgan fingerprint density at radius 2 is 2.20 bits per heavy atom. The summed E-state index contributed by atoms with van der Waals surface area (Å²) in [4.78, 5) is 0. The molecule has 0 saturated heterocycles. The van der Waals surface area contributed by atoms with Crippen molar-refractivity contribution >= 4 is 5.69 Å². The van der Waals surface area contributed by atoms with Crippen molar-refractivity contribution in [3.63, 3.8) is 0 Å². The summed E-state index contributed by atoms with van der Waals surface area (Å²) in [6.07, 6.45) is 5.37. The summed E-state index contributed by atoms with van der Waals surface area (Å²) >= 11 is 0. The minimum atomic E-state index is 0.457. The molecule has 0 bridgehead atoms. The molecule has 0 aliphatic heterocycles. The number of aryl methyl sites for hydroxylation is 1. The zero-order valence-electron chi connectivity index (χ0n) is 12.3. The number of hydrogen-bond acceptors (Lipinski definition) is 4. The van der Waals surface area contributed by atoms with Gasteiger partial charge >= 0.3 is 0 Å². The standard InChI is InChI=1S/C15H21N5/c1-11-4-5-13(20-10-16-18-19-20)8-14(11)17-12-6-7-15(2,3)9-12/h4-5,8,10,12,17H,6-7,9H2,1-3H3. The van der Waals surface area contributed by atoms with Crippen LogP contribution >= 0.6 is 0 Å². The Bertz CT molecular complexity index is 588. The summed E-state index contributed by atoms with van der Waals surface area (Å²) in [7, 11) is 0. The molecule has 1 aliphatic rings. The second-order valence-electron chi connectivity index (χ2n) is 6.50. The molecule has 1 aromatic carbocycles. The maximum atomic E-state index is 3.94. The predicted octanol–water partition coefficient (Wildman–Crippen LogP) is 2.96. The second kappa shape index (κ2) is 4.89. The number of nitrogens with one attached hydrogen (secondary N) is 1. The lowest BCUT2D eigenvalue weighted by Crippen LogP contribution is -2.18. The highest BCUT2D eigenvalue weighted by atomic mass is 15.5. The van der Waals surface area contributed by atoms with Gasteiger partial charge in [-0.05, 0) is 59.7 Å². The fourth-order valence-corrected chi connectivity index (χ4v) is 2.97. The van der Waals surface area contributed by atoms with E-state index in [4.69, 9.17) is 0 Å². The van der Waals surface area contributed by atoms with Crippen molar-refractivity contribution < 1.29 is 0 Å². The summed E-state index contributed by atoms with van der Waals surface area (Å²) in [5.74, 6) is 0. The molecule has 1 heterocycles. The van der Waals surface area contributed by atoms with Crippen molar-refractivity contribution in [2.45, 2.75) is 46.1 Å². The molecule has 0 radical (unpaired) electrons. The van der Waals surface area contributed by atoms with Gasteiger partial charge in [-0.1, -0.05) is 19.9 Å². The molecule has 1 atom stereocenters. The normalized spacial score (nSPS) is 21.1. The van der Waals surface area contributed by atoms with E-state index >= 15 is 0 Å². The topological polar surface area (TPSA) is 55.6 Å². The maximum Gasteiger partial charge on any atom is 0.143 e. The zero-order valence-corrected chi connectivity index (χ0v) is 12.3. The number of anilines is 1. The van der Waals surface area contributed by atoms with Crippen LogP contribution in [0, 0.1) is 12.3 Å². The Morgan fingerprint density at radius 1 is 1.35 bits per heavy atom. The number of nitrogens with zero attached hydrogens (tertiary/aromatic N) is 4. The van der Waals surface area contributed by atoms with E-state index in [-0.39, 0.29) is 0 Å². The van der Waals surface area contributed by atoms with Gasteiger partial charge in [0.05, 0.1) is 5.69 Å². The van der Waals surface area contributed by atoms with Crippen LogP contribution in [0.15, 0.2) is 24.5 Å². The second-order valence-corrected chi connectivity index (χ2v) is 6.50. The number of tetrazole rings is 1. The third-order valence-electron chi connectivity index (χ3n) is 4.16. The third-order valence-corrected chi connectivity index (χ3v) is 4.16. The third kappa shape index (κ3) is 2.66. The van der Waals surface area contributed by atoms with Gasteiger partial charge in [0.25, 0.3) is 0 Å². The first kappa shape index (κ1) is 13.1. The molecule has 1 aromatic heterocycles. The molecule has 2 aromatic rings. The molecule has 5 heteroatoms. The van der Waals surface area contributed by atoms with Crippen molar-refractivity contribution in [3.05, 3.63) is 30.1 Å². The van der Waals surface area contributed by atoms with Crippen LogP contribution in [-0.4, -0.2) is 26.2 Å². The predicted molar refractivity (Wildman–Crippen MR) is 78.9 cm³/mol. The smallest absolute Gasteiger partial charge is 0.143 e. The van der Waals surface area contributed by atoms with Gasteiger partial charge in [0, 0.05) is 11.7 Å². The molecule has 106 valence electrons. The largest absolute Gasteiger partial charge is 0.382 e. The molecule has 1 saturated carbocycles. The summed E-state index contributed by atoms with van der Waals surface area (Å²) in [6, 6.07) is 6.83. The molecule has 0 amide bonds. The Labute approximate surface area is 119 Å². The van der Waals surface area contributed by atoms with Crippen LogP contribution in [0.2, 0.25) is 0 Å². The van der Waals surface area contributed by atoms with Crippen LogP contribution in [0.3, 0.4) is 0 Å². The van der Waals surface area contributed by atoms with Gasteiger partial charge < -0.3 is 5.32 Å². The van der Waals surface area contributed by atoms with E-state index < -0.39 is 0 Å². The van der Waals surface area contributed by atoms with E-state index in [2.05, 4.69) is 53.7 Å². The highest BCUT2D eigenvalue weighted by Gasteiger charge is 2.30. The summed E-state index contributed by atoms with van der Waals surface area (Å²) in [5.41, 5.74) is 3.88. The Morgan fingerprint density at radius 3 is 2.85 bits per heavy atom. The van der Waals surface area contributed by atoms with Crippen LogP contribution in [0.1, 0.15) is 38.7 Å². The Balaban J connectivity index is 1.81. The molecule has 5 nitrogen and oxygen atoms in total. The van der Waals surface area contributed by atoms with Gasteiger partial charge in [0.1, 0.15) is 6.33 Å². The highest BCUT2D eigenvalue weighted by Crippen LogP contribution is 2.38. The number of rotatable bonds is 3. The number of aromatic nitrogens is 4. The fraction of sp³-hybridized carbons (Fsp3) is 0.533. The van der Waals surface area contributed by atoms with Crippen LogP contribution in [0.4, 0.5) is 5.69 Å². The molecule has 1 aliphatic carbocycles. The summed E-state index contributed by atoms with van der Waals surface area (Å²) < 4.78 is 1.68. The van der Waals surface area contributed by atoms with E-state index in [1.54, 1.807) is 11.0 Å². The van der Waals surface area contributed by atoms with Gasteiger partial charge in [-0.25, -0.2) is 4.68 Å². The zero-order chi connectivity index (χ0) is 14.2. The molecule has 3 rings (SSSR count). The Hall–Kier alpha value is -1.91. The first-order valence-electron chi connectivity index (χ1n) is 7.14. The first-order valence-corrected chi connectivity index (χ1v) is 7.14. The van der Waals surface area contributed by atoms with Crippen molar-refractivity contribution in [1.29, 1.82) is 0 Å². The Kier molecular flexibility index (Phi) is 3.20. The van der Waals surface area contributed by atoms with Crippen molar-refractivity contribution in [3.8, 4) is 5.69 Å². The molecule has 1 unspecified atom stereocenters. The number of benzene rings is 1. The van der Waals surface area contributed by atoms with Gasteiger partial charge in [0.2, 0.25) is 0 Å². The minimum Gasteiger partial charge on any atom is -0.382 e. The van der Waals surface area contributed by atoms with Crippen LogP contribution in [0.25, 0.3) is 5.69 Å². The molecule has 20 heavy (non-hydrogen) atoms. The van der Waals surface area contributed by atoms with Gasteiger partial charge in [-0.15, -0.1) is 5.10 Å². The number of hydrogen-bond donors (Lipinski definition) is 1. The van der Waals surface area contributed by atoms with E-state index in [9.17, 15) is 0 Å². The van der Waals surface area contributed by atoms with Crippen LogP contribution in [0.5, 0.6) is 0 Å². The van der Waals surface area contributed by atoms with Gasteiger partial charge in [-0.3, -0.25) is 0 Å². The highest BCUT2D eigenvalue weighted by molar-refractivity contribution is 5.57. The van der Waals surface area contributed by atoms with E-state index in [0.717, 1.165) is 5.69 Å². The van der Waals surface area contributed by atoms with E-state index in [0.29, 0.717) is 11.5 Å². The average Bonchev–Trinajstić information content (AvgIpc) is 3.02. The molecule has 0 spiro atoms. The average molecular weight is 271 g/mol. The molecular formula is C15H21N5. The summed E-state index contributed by atoms with van der Waals surface area (Å²) in [6.45, 7) is 6.82.